The first kappa shape index (κ1) is 18.1. The summed E-state index contributed by atoms with van der Waals surface area (Å²) in [4.78, 5) is 0. The molecule has 1 rings (SSSR count). The van der Waals surface area contributed by atoms with Gasteiger partial charge in [0, 0.05) is 10.0 Å². The van der Waals surface area contributed by atoms with Crippen LogP contribution in [0.4, 0.5) is 26.3 Å². The number of rotatable bonds is 4. The van der Waals surface area contributed by atoms with Crippen LogP contribution in [0.2, 0.25) is 0 Å². The van der Waals surface area contributed by atoms with E-state index in [1.54, 1.807) is 6.92 Å². The second kappa shape index (κ2) is 6.43. The molecule has 2 nitrogen and oxygen atoms in total. The maximum absolute atomic E-state index is 12.7. The Bertz CT molecular complexity index is 474. The summed E-state index contributed by atoms with van der Waals surface area (Å²) in [5.41, 5.74) is 4.92. The molecule has 21 heavy (non-hydrogen) atoms. The lowest BCUT2D eigenvalue weighted by Crippen LogP contribution is -2.44. The lowest BCUT2D eigenvalue weighted by atomic mass is 9.92. The summed E-state index contributed by atoms with van der Waals surface area (Å²) >= 11 is 2.99. The van der Waals surface area contributed by atoms with Gasteiger partial charge in [-0.05, 0) is 25.1 Å². The predicted octanol–water partition coefficient (Wildman–Crippen LogP) is 4.59. The normalized spacial score (nSPS) is 14.4. The average molecular weight is 380 g/mol. The second-order valence-electron chi connectivity index (χ2n) is 4.20. The van der Waals surface area contributed by atoms with Crippen LogP contribution in [-0.2, 0) is 0 Å². The van der Waals surface area contributed by atoms with E-state index in [4.69, 9.17) is 10.5 Å². The zero-order chi connectivity index (χ0) is 16.4. The first-order valence-electron chi connectivity index (χ1n) is 5.79. The highest BCUT2D eigenvalue weighted by molar-refractivity contribution is 9.10. The highest BCUT2D eigenvalue weighted by atomic mass is 79.9. The van der Waals surface area contributed by atoms with Crippen molar-refractivity contribution < 1.29 is 31.1 Å². The zero-order valence-electron chi connectivity index (χ0n) is 10.7. The minimum Gasteiger partial charge on any atom is -0.494 e. The van der Waals surface area contributed by atoms with Crippen LogP contribution in [-0.4, -0.2) is 19.0 Å². The minimum atomic E-state index is -5.51. The average Bonchev–Trinajstić information content (AvgIpc) is 2.27. The van der Waals surface area contributed by atoms with Gasteiger partial charge in [0.25, 0.3) is 0 Å². The van der Waals surface area contributed by atoms with Crippen molar-refractivity contribution >= 4 is 15.9 Å². The standard InChI is InChI=1S/C12H12BrF6NO/c1-2-21-8-4-3-6(13)5-7(8)9(20)10(11(14,15)16)12(17,18)19/h3-5,9-10H,2,20H2,1H3. The molecule has 0 aromatic heterocycles. The summed E-state index contributed by atoms with van der Waals surface area (Å²) < 4.78 is 81.7. The molecule has 0 amide bonds. The number of halogens is 7. The molecule has 0 saturated heterocycles. The fourth-order valence-corrected chi connectivity index (χ4v) is 2.22. The van der Waals surface area contributed by atoms with Gasteiger partial charge in [0.15, 0.2) is 5.92 Å². The number of hydrogen-bond donors (Lipinski definition) is 1. The van der Waals surface area contributed by atoms with Crippen LogP contribution in [0.5, 0.6) is 5.75 Å². The third-order valence-electron chi connectivity index (χ3n) is 2.70. The summed E-state index contributed by atoms with van der Waals surface area (Å²) in [6.45, 7) is 1.65. The van der Waals surface area contributed by atoms with Crippen LogP contribution < -0.4 is 10.5 Å². The maximum Gasteiger partial charge on any atom is 0.402 e. The van der Waals surface area contributed by atoms with Gasteiger partial charge in [0.2, 0.25) is 0 Å². The van der Waals surface area contributed by atoms with E-state index in [0.717, 1.165) is 6.07 Å². The number of nitrogens with two attached hydrogens (primary N) is 1. The lowest BCUT2D eigenvalue weighted by molar-refractivity contribution is -0.290. The van der Waals surface area contributed by atoms with Crippen molar-refractivity contribution in [2.24, 2.45) is 11.7 Å². The molecule has 0 spiro atoms. The number of benzene rings is 1. The summed E-state index contributed by atoms with van der Waals surface area (Å²) in [6, 6.07) is 1.49. The van der Waals surface area contributed by atoms with Crippen molar-refractivity contribution in [3.8, 4) is 5.75 Å². The molecule has 120 valence electrons. The van der Waals surface area contributed by atoms with Gasteiger partial charge in [-0.15, -0.1) is 0 Å². The first-order valence-corrected chi connectivity index (χ1v) is 6.59. The smallest absolute Gasteiger partial charge is 0.402 e. The van der Waals surface area contributed by atoms with E-state index in [0.29, 0.717) is 4.47 Å². The quantitative estimate of drug-likeness (QED) is 0.776. The highest BCUT2D eigenvalue weighted by Gasteiger charge is 2.60. The van der Waals surface area contributed by atoms with Gasteiger partial charge in [-0.2, -0.15) is 26.3 Å². The van der Waals surface area contributed by atoms with Gasteiger partial charge in [0.1, 0.15) is 5.75 Å². The van der Waals surface area contributed by atoms with Crippen LogP contribution >= 0.6 is 15.9 Å². The van der Waals surface area contributed by atoms with Crippen molar-refractivity contribution in [1.82, 2.24) is 0 Å². The van der Waals surface area contributed by atoms with Crippen LogP contribution in [0, 0.1) is 5.92 Å². The van der Waals surface area contributed by atoms with Crippen molar-refractivity contribution in [3.05, 3.63) is 28.2 Å². The molecular formula is C12H12BrF6NO. The minimum absolute atomic E-state index is 0.0874. The number of ether oxygens (including phenoxy) is 1. The Hall–Kier alpha value is -0.960. The van der Waals surface area contributed by atoms with E-state index < -0.39 is 24.3 Å². The van der Waals surface area contributed by atoms with Crippen molar-refractivity contribution in [2.75, 3.05) is 6.61 Å². The molecule has 0 bridgehead atoms. The van der Waals surface area contributed by atoms with Crippen molar-refractivity contribution in [2.45, 2.75) is 25.3 Å². The van der Waals surface area contributed by atoms with Gasteiger partial charge in [-0.1, -0.05) is 15.9 Å². The fraction of sp³-hybridized carbons (Fsp3) is 0.500. The lowest BCUT2D eigenvalue weighted by Gasteiger charge is -2.29. The topological polar surface area (TPSA) is 35.2 Å². The highest BCUT2D eigenvalue weighted by Crippen LogP contribution is 2.47. The molecular weight excluding hydrogens is 368 g/mol. The predicted molar refractivity (Wildman–Crippen MR) is 67.8 cm³/mol. The maximum atomic E-state index is 12.7. The third kappa shape index (κ3) is 4.50. The fourth-order valence-electron chi connectivity index (χ4n) is 1.84. The van der Waals surface area contributed by atoms with Gasteiger partial charge in [-0.25, -0.2) is 0 Å². The van der Waals surface area contributed by atoms with E-state index in [-0.39, 0.29) is 17.9 Å². The molecule has 2 N–H and O–H groups in total. The molecule has 0 aliphatic rings. The molecule has 1 atom stereocenters. The first-order chi connectivity index (χ1) is 9.48. The van der Waals surface area contributed by atoms with Gasteiger partial charge in [0.05, 0.1) is 12.6 Å². The summed E-state index contributed by atoms with van der Waals surface area (Å²) in [7, 11) is 0. The third-order valence-corrected chi connectivity index (χ3v) is 3.19. The summed E-state index contributed by atoms with van der Waals surface area (Å²) in [5.74, 6) is -3.77. The number of hydrogen-bond acceptors (Lipinski definition) is 2. The molecule has 1 unspecified atom stereocenters. The van der Waals surface area contributed by atoms with Crippen LogP contribution in [0.1, 0.15) is 18.5 Å². The van der Waals surface area contributed by atoms with Crippen LogP contribution in [0.25, 0.3) is 0 Å². The number of alkyl halides is 6. The molecule has 0 aliphatic heterocycles. The molecule has 1 aromatic rings. The largest absolute Gasteiger partial charge is 0.494 e. The Morgan fingerprint density at radius 3 is 2.10 bits per heavy atom. The molecule has 0 saturated carbocycles. The van der Waals surface area contributed by atoms with Crippen molar-refractivity contribution in [3.63, 3.8) is 0 Å². The Morgan fingerprint density at radius 2 is 1.67 bits per heavy atom. The van der Waals surface area contributed by atoms with Gasteiger partial charge in [-0.3, -0.25) is 0 Å². The molecule has 0 fully saturated rings. The monoisotopic (exact) mass is 379 g/mol. The zero-order valence-corrected chi connectivity index (χ0v) is 12.3. The second-order valence-corrected chi connectivity index (χ2v) is 5.12. The Balaban J connectivity index is 3.33. The summed E-state index contributed by atoms with van der Waals surface area (Å²) in [5, 5.41) is 0. The SMILES string of the molecule is CCOc1ccc(Br)cc1C(N)C(C(F)(F)F)C(F)(F)F. The van der Waals surface area contributed by atoms with Crippen LogP contribution in [0.15, 0.2) is 22.7 Å². The molecule has 0 radical (unpaired) electrons. The van der Waals surface area contributed by atoms with Gasteiger partial charge >= 0.3 is 12.4 Å². The van der Waals surface area contributed by atoms with E-state index in [1.165, 1.54) is 12.1 Å². The van der Waals surface area contributed by atoms with Crippen LogP contribution in [0.3, 0.4) is 0 Å². The molecule has 0 aliphatic carbocycles. The molecule has 1 aromatic carbocycles. The van der Waals surface area contributed by atoms with E-state index >= 15 is 0 Å². The molecule has 0 heterocycles. The van der Waals surface area contributed by atoms with Gasteiger partial charge < -0.3 is 10.5 Å². The Labute approximate surface area is 125 Å². The Kier molecular flexibility index (Phi) is 5.54. The van der Waals surface area contributed by atoms with Crippen molar-refractivity contribution in [1.29, 1.82) is 0 Å². The van der Waals surface area contributed by atoms with E-state index in [2.05, 4.69) is 15.9 Å². The Morgan fingerprint density at radius 1 is 1.14 bits per heavy atom. The summed E-state index contributed by atoms with van der Waals surface area (Å²) in [6.07, 6.45) is -11.0. The van der Waals surface area contributed by atoms with E-state index in [1.807, 2.05) is 0 Å². The molecule has 9 heteroatoms. The van der Waals surface area contributed by atoms with E-state index in [9.17, 15) is 26.3 Å².